The van der Waals surface area contributed by atoms with E-state index in [1.165, 1.54) is 64.2 Å². The minimum Gasteiger partial charge on any atom is -0.466 e. The molecule has 0 radical (unpaired) electrons. The Balaban J connectivity index is 2.14. The molecule has 0 aromatic carbocycles. The molecule has 28 heavy (non-hydrogen) atoms. The molecule has 0 atom stereocenters. The van der Waals surface area contributed by atoms with Gasteiger partial charge >= 0.3 is 11.9 Å². The third-order valence-corrected chi connectivity index (χ3v) is 5.58. The fraction of sp³-hybridized carbons (Fsp3) is 0.917. The number of carbonyl (C=O) groups is 2. The van der Waals surface area contributed by atoms with Crippen LogP contribution in [0.2, 0.25) is 0 Å². The van der Waals surface area contributed by atoms with Crippen LogP contribution < -0.4 is 0 Å². The van der Waals surface area contributed by atoms with Gasteiger partial charge in [-0.3, -0.25) is 9.59 Å². The van der Waals surface area contributed by atoms with E-state index in [0.29, 0.717) is 26.1 Å². The van der Waals surface area contributed by atoms with Crippen molar-refractivity contribution in [1.29, 1.82) is 0 Å². The van der Waals surface area contributed by atoms with Crippen molar-refractivity contribution >= 4 is 11.9 Å². The highest BCUT2D eigenvalue weighted by Crippen LogP contribution is 2.13. The van der Waals surface area contributed by atoms with E-state index in [-0.39, 0.29) is 11.9 Å². The molecule has 0 amide bonds. The highest BCUT2D eigenvalue weighted by atomic mass is 16.5. The molecule has 1 heterocycles. The molecular weight excluding hydrogens is 352 g/mol. The predicted molar refractivity (Wildman–Crippen MR) is 114 cm³/mol. The van der Waals surface area contributed by atoms with Crippen molar-refractivity contribution in [2.75, 3.05) is 13.2 Å². The first-order valence-corrected chi connectivity index (χ1v) is 12.1. The van der Waals surface area contributed by atoms with Crippen LogP contribution in [0.15, 0.2) is 0 Å². The maximum atomic E-state index is 11.7. The summed E-state index contributed by atoms with van der Waals surface area (Å²) in [5.41, 5.74) is 0. The standard InChI is InChI=1S/C24H44O4/c25-23-19-15-11-7-3-1-5-9-13-17-21-27-24(26)20-16-12-8-4-2-6-10-14-18-22-28-23/h1-22H2. The van der Waals surface area contributed by atoms with E-state index < -0.39 is 0 Å². The van der Waals surface area contributed by atoms with Crippen LogP contribution in [0.5, 0.6) is 0 Å². The van der Waals surface area contributed by atoms with E-state index in [4.69, 9.17) is 9.47 Å². The summed E-state index contributed by atoms with van der Waals surface area (Å²) in [5, 5.41) is 0. The molecule has 0 aromatic heterocycles. The maximum Gasteiger partial charge on any atom is 0.305 e. The summed E-state index contributed by atoms with van der Waals surface area (Å²) in [4.78, 5) is 23.4. The second-order valence-corrected chi connectivity index (χ2v) is 8.30. The van der Waals surface area contributed by atoms with Crippen LogP contribution in [-0.4, -0.2) is 25.2 Å². The van der Waals surface area contributed by atoms with Crippen molar-refractivity contribution < 1.29 is 19.1 Å². The number of rotatable bonds is 0. The van der Waals surface area contributed by atoms with Crippen LogP contribution in [0, 0.1) is 0 Å². The second kappa shape index (κ2) is 19.3. The summed E-state index contributed by atoms with van der Waals surface area (Å²) in [5.74, 6) is -0.0238. The van der Waals surface area contributed by atoms with Crippen LogP contribution in [0.1, 0.15) is 128 Å². The van der Waals surface area contributed by atoms with Gasteiger partial charge in [0.15, 0.2) is 0 Å². The first-order valence-electron chi connectivity index (χ1n) is 12.1. The van der Waals surface area contributed by atoms with Crippen LogP contribution in [0.4, 0.5) is 0 Å². The van der Waals surface area contributed by atoms with Gasteiger partial charge in [-0.1, -0.05) is 89.9 Å². The van der Waals surface area contributed by atoms with E-state index >= 15 is 0 Å². The van der Waals surface area contributed by atoms with Gasteiger partial charge in [-0.05, 0) is 25.7 Å². The Morgan fingerprint density at radius 1 is 0.357 bits per heavy atom. The smallest absolute Gasteiger partial charge is 0.305 e. The first-order chi connectivity index (χ1) is 13.8. The van der Waals surface area contributed by atoms with Crippen LogP contribution in [-0.2, 0) is 19.1 Å². The van der Waals surface area contributed by atoms with Crippen molar-refractivity contribution in [3.8, 4) is 0 Å². The van der Waals surface area contributed by atoms with Gasteiger partial charge in [-0.25, -0.2) is 0 Å². The highest BCUT2D eigenvalue weighted by molar-refractivity contribution is 5.69. The molecule has 0 saturated carbocycles. The molecule has 1 aliphatic rings. The molecule has 4 heteroatoms. The van der Waals surface area contributed by atoms with Gasteiger partial charge in [0.1, 0.15) is 0 Å². The third kappa shape index (κ3) is 17.1. The molecule has 0 spiro atoms. The molecule has 0 aromatic rings. The monoisotopic (exact) mass is 396 g/mol. The maximum absolute atomic E-state index is 11.7. The van der Waals surface area contributed by atoms with E-state index in [1.807, 2.05) is 0 Å². The number of esters is 2. The van der Waals surface area contributed by atoms with Gasteiger partial charge in [0.2, 0.25) is 0 Å². The van der Waals surface area contributed by atoms with E-state index in [2.05, 4.69) is 0 Å². The lowest BCUT2D eigenvalue weighted by Gasteiger charge is -2.07. The number of hydrogen-bond donors (Lipinski definition) is 0. The summed E-state index contributed by atoms with van der Waals surface area (Å²) in [6.45, 7) is 1.18. The fourth-order valence-corrected chi connectivity index (χ4v) is 3.73. The minimum absolute atomic E-state index is 0.0119. The number of ether oxygens (including phenoxy) is 2. The minimum atomic E-state index is -0.0119. The van der Waals surface area contributed by atoms with Crippen molar-refractivity contribution in [2.45, 2.75) is 128 Å². The van der Waals surface area contributed by atoms with E-state index in [9.17, 15) is 9.59 Å². The molecule has 1 saturated heterocycles. The third-order valence-electron chi connectivity index (χ3n) is 5.58. The van der Waals surface area contributed by atoms with E-state index in [0.717, 1.165) is 51.4 Å². The summed E-state index contributed by atoms with van der Waals surface area (Å²) in [7, 11) is 0. The largest absolute Gasteiger partial charge is 0.466 e. The van der Waals surface area contributed by atoms with Gasteiger partial charge < -0.3 is 9.47 Å². The number of hydrogen-bond acceptors (Lipinski definition) is 4. The normalized spacial score (nSPS) is 22.7. The molecule has 0 unspecified atom stereocenters. The van der Waals surface area contributed by atoms with Crippen molar-refractivity contribution in [3.05, 3.63) is 0 Å². The Morgan fingerprint density at radius 3 is 0.929 bits per heavy atom. The van der Waals surface area contributed by atoms with Gasteiger partial charge in [0.25, 0.3) is 0 Å². The van der Waals surface area contributed by atoms with Crippen LogP contribution in [0.3, 0.4) is 0 Å². The fourth-order valence-electron chi connectivity index (χ4n) is 3.73. The molecule has 0 aliphatic carbocycles. The molecule has 164 valence electrons. The lowest BCUT2D eigenvalue weighted by Crippen LogP contribution is -2.05. The SMILES string of the molecule is O=C1CCCCCCCCCCCOC(=O)CCCCCCCCCCCO1. The molecular formula is C24H44O4. The lowest BCUT2D eigenvalue weighted by atomic mass is 10.1. The number of cyclic esters (lactones) is 2. The zero-order valence-electron chi connectivity index (χ0n) is 18.2. The van der Waals surface area contributed by atoms with Gasteiger partial charge in [-0.2, -0.15) is 0 Å². The van der Waals surface area contributed by atoms with E-state index in [1.54, 1.807) is 0 Å². The lowest BCUT2D eigenvalue weighted by molar-refractivity contribution is -0.144. The molecule has 0 N–H and O–H groups in total. The Morgan fingerprint density at radius 2 is 0.607 bits per heavy atom. The summed E-state index contributed by atoms with van der Waals surface area (Å²) in [6.07, 6.45) is 22.1. The molecule has 1 rings (SSSR count). The van der Waals surface area contributed by atoms with Crippen LogP contribution >= 0.6 is 0 Å². The summed E-state index contributed by atoms with van der Waals surface area (Å²) < 4.78 is 10.7. The van der Waals surface area contributed by atoms with Gasteiger partial charge in [0, 0.05) is 12.8 Å². The molecule has 1 aliphatic heterocycles. The Kier molecular flexibility index (Phi) is 17.2. The van der Waals surface area contributed by atoms with Crippen LogP contribution in [0.25, 0.3) is 0 Å². The van der Waals surface area contributed by atoms with Crippen molar-refractivity contribution in [3.63, 3.8) is 0 Å². The second-order valence-electron chi connectivity index (χ2n) is 8.30. The zero-order chi connectivity index (χ0) is 20.1. The molecule has 4 nitrogen and oxygen atoms in total. The Bertz CT molecular complexity index is 313. The van der Waals surface area contributed by atoms with Gasteiger partial charge in [-0.15, -0.1) is 0 Å². The number of carbonyl (C=O) groups excluding carboxylic acids is 2. The Labute approximate surface area is 173 Å². The quantitative estimate of drug-likeness (QED) is 0.418. The summed E-state index contributed by atoms with van der Waals surface area (Å²) in [6, 6.07) is 0. The van der Waals surface area contributed by atoms with Crippen molar-refractivity contribution in [1.82, 2.24) is 0 Å². The highest BCUT2D eigenvalue weighted by Gasteiger charge is 2.04. The van der Waals surface area contributed by atoms with Crippen molar-refractivity contribution in [2.24, 2.45) is 0 Å². The first kappa shape index (κ1) is 25.0. The Hall–Kier alpha value is -1.06. The average molecular weight is 397 g/mol. The molecule has 1 fully saturated rings. The predicted octanol–water partition coefficient (Wildman–Crippen LogP) is 6.89. The zero-order valence-corrected chi connectivity index (χ0v) is 18.2. The van der Waals surface area contributed by atoms with Gasteiger partial charge in [0.05, 0.1) is 13.2 Å². The molecule has 0 bridgehead atoms. The topological polar surface area (TPSA) is 52.6 Å². The summed E-state index contributed by atoms with van der Waals surface area (Å²) >= 11 is 0. The average Bonchev–Trinajstić information content (AvgIpc) is 2.69.